The molecule has 1 fully saturated rings. The molecular formula is C12H17N3O3. The average Bonchev–Trinajstić information content (AvgIpc) is 2.94. The van der Waals surface area contributed by atoms with E-state index in [4.69, 9.17) is 5.11 Å². The molecule has 18 heavy (non-hydrogen) atoms. The lowest BCUT2D eigenvalue weighted by molar-refractivity contribution is -0.141. The second-order valence-corrected chi connectivity index (χ2v) is 4.49. The number of aliphatic carboxylic acids is 1. The van der Waals surface area contributed by atoms with Crippen molar-refractivity contribution in [1.82, 2.24) is 14.7 Å². The van der Waals surface area contributed by atoms with Gasteiger partial charge < -0.3 is 10.0 Å². The molecule has 1 aromatic heterocycles. The Bertz CT molecular complexity index is 481. The third-order valence-corrected chi connectivity index (χ3v) is 3.31. The quantitative estimate of drug-likeness (QED) is 0.856. The average molecular weight is 251 g/mol. The molecule has 1 saturated heterocycles. The first kappa shape index (κ1) is 12.6. The van der Waals surface area contributed by atoms with E-state index in [-0.39, 0.29) is 5.91 Å². The SMILES string of the molecule is CCc1cc(C(=O)N2CCCC2C(=O)O)n(C)n1. The van der Waals surface area contributed by atoms with Crippen LogP contribution in [0.1, 0.15) is 35.9 Å². The van der Waals surface area contributed by atoms with Crippen molar-refractivity contribution in [2.24, 2.45) is 7.05 Å². The molecule has 0 aliphatic carbocycles. The number of likely N-dealkylation sites (tertiary alicyclic amines) is 1. The van der Waals surface area contributed by atoms with Crippen LogP contribution in [-0.2, 0) is 18.3 Å². The predicted molar refractivity (Wildman–Crippen MR) is 64.3 cm³/mol. The number of aromatic nitrogens is 2. The number of carbonyl (C=O) groups excluding carboxylic acids is 1. The fraction of sp³-hybridized carbons (Fsp3) is 0.583. The van der Waals surface area contributed by atoms with Crippen LogP contribution in [0.2, 0.25) is 0 Å². The van der Waals surface area contributed by atoms with E-state index in [0.717, 1.165) is 18.5 Å². The minimum atomic E-state index is -0.932. The van der Waals surface area contributed by atoms with Gasteiger partial charge in [0.25, 0.3) is 5.91 Å². The van der Waals surface area contributed by atoms with E-state index in [9.17, 15) is 9.59 Å². The molecule has 2 rings (SSSR count). The van der Waals surface area contributed by atoms with Crippen LogP contribution in [0.15, 0.2) is 6.07 Å². The molecule has 0 radical (unpaired) electrons. The zero-order valence-corrected chi connectivity index (χ0v) is 10.6. The van der Waals surface area contributed by atoms with Crippen molar-refractivity contribution >= 4 is 11.9 Å². The molecule has 2 heterocycles. The Balaban J connectivity index is 2.25. The van der Waals surface area contributed by atoms with Crippen molar-refractivity contribution in [1.29, 1.82) is 0 Å². The molecule has 1 aliphatic rings. The van der Waals surface area contributed by atoms with Gasteiger partial charge in [0, 0.05) is 13.6 Å². The highest BCUT2D eigenvalue weighted by molar-refractivity contribution is 5.95. The van der Waals surface area contributed by atoms with Crippen LogP contribution < -0.4 is 0 Å². The zero-order valence-electron chi connectivity index (χ0n) is 10.6. The third kappa shape index (κ3) is 2.10. The Morgan fingerprint density at radius 1 is 1.56 bits per heavy atom. The number of hydrogen-bond acceptors (Lipinski definition) is 3. The molecule has 0 spiro atoms. The molecule has 98 valence electrons. The van der Waals surface area contributed by atoms with Gasteiger partial charge in [-0.05, 0) is 25.3 Å². The first-order valence-corrected chi connectivity index (χ1v) is 6.11. The summed E-state index contributed by atoms with van der Waals surface area (Å²) in [5, 5.41) is 13.3. The highest BCUT2D eigenvalue weighted by atomic mass is 16.4. The van der Waals surface area contributed by atoms with Crippen molar-refractivity contribution in [3.05, 3.63) is 17.5 Å². The Morgan fingerprint density at radius 3 is 2.83 bits per heavy atom. The van der Waals surface area contributed by atoms with Crippen LogP contribution >= 0.6 is 0 Å². The van der Waals surface area contributed by atoms with Gasteiger partial charge in [-0.1, -0.05) is 6.92 Å². The highest BCUT2D eigenvalue weighted by Gasteiger charge is 2.35. The number of rotatable bonds is 3. The predicted octanol–water partition coefficient (Wildman–Crippen LogP) is 0.672. The Labute approximate surface area is 105 Å². The molecule has 1 atom stereocenters. The van der Waals surface area contributed by atoms with E-state index in [1.165, 1.54) is 9.58 Å². The maximum Gasteiger partial charge on any atom is 0.326 e. The van der Waals surface area contributed by atoms with Gasteiger partial charge >= 0.3 is 5.97 Å². The van der Waals surface area contributed by atoms with Crippen LogP contribution in [0.25, 0.3) is 0 Å². The summed E-state index contributed by atoms with van der Waals surface area (Å²) in [6.45, 7) is 2.47. The molecule has 0 bridgehead atoms. The van der Waals surface area contributed by atoms with E-state index in [0.29, 0.717) is 18.7 Å². The summed E-state index contributed by atoms with van der Waals surface area (Å²) in [5.74, 6) is -1.17. The summed E-state index contributed by atoms with van der Waals surface area (Å²) in [5.41, 5.74) is 1.30. The van der Waals surface area contributed by atoms with Crippen molar-refractivity contribution in [2.45, 2.75) is 32.2 Å². The van der Waals surface area contributed by atoms with Crippen LogP contribution in [0.3, 0.4) is 0 Å². The smallest absolute Gasteiger partial charge is 0.326 e. The van der Waals surface area contributed by atoms with Gasteiger partial charge in [0.2, 0.25) is 0 Å². The van der Waals surface area contributed by atoms with Gasteiger partial charge in [0.05, 0.1) is 5.69 Å². The summed E-state index contributed by atoms with van der Waals surface area (Å²) < 4.78 is 1.53. The second-order valence-electron chi connectivity index (χ2n) is 4.49. The summed E-state index contributed by atoms with van der Waals surface area (Å²) in [6, 6.07) is 1.04. The lowest BCUT2D eigenvalue weighted by atomic mass is 10.2. The Morgan fingerprint density at radius 2 is 2.28 bits per heavy atom. The van der Waals surface area contributed by atoms with Gasteiger partial charge in [-0.15, -0.1) is 0 Å². The Hall–Kier alpha value is -1.85. The summed E-state index contributed by atoms with van der Waals surface area (Å²) in [7, 11) is 1.71. The number of carbonyl (C=O) groups is 2. The van der Waals surface area contributed by atoms with Crippen molar-refractivity contribution in [3.8, 4) is 0 Å². The first-order chi connectivity index (χ1) is 8.54. The molecule has 0 aromatic carbocycles. The monoisotopic (exact) mass is 251 g/mol. The zero-order chi connectivity index (χ0) is 13.3. The molecule has 6 nitrogen and oxygen atoms in total. The first-order valence-electron chi connectivity index (χ1n) is 6.11. The maximum absolute atomic E-state index is 12.3. The second kappa shape index (κ2) is 4.80. The molecular weight excluding hydrogens is 234 g/mol. The highest BCUT2D eigenvalue weighted by Crippen LogP contribution is 2.20. The largest absolute Gasteiger partial charge is 0.480 e. The minimum absolute atomic E-state index is 0.241. The number of hydrogen-bond donors (Lipinski definition) is 1. The fourth-order valence-electron chi connectivity index (χ4n) is 2.31. The molecule has 1 aliphatic heterocycles. The minimum Gasteiger partial charge on any atom is -0.480 e. The molecule has 1 aromatic rings. The van der Waals surface area contributed by atoms with Gasteiger partial charge in [-0.3, -0.25) is 9.48 Å². The van der Waals surface area contributed by atoms with Gasteiger partial charge in [-0.2, -0.15) is 5.10 Å². The summed E-state index contributed by atoms with van der Waals surface area (Å²) in [4.78, 5) is 24.8. The number of aryl methyl sites for hydroxylation is 2. The van der Waals surface area contributed by atoms with Gasteiger partial charge in [-0.25, -0.2) is 4.79 Å². The summed E-state index contributed by atoms with van der Waals surface area (Å²) in [6.07, 6.45) is 2.02. The lowest BCUT2D eigenvalue weighted by Gasteiger charge is -2.21. The number of nitrogens with zero attached hydrogens (tertiary/aromatic N) is 3. The van der Waals surface area contributed by atoms with E-state index >= 15 is 0 Å². The van der Waals surface area contributed by atoms with Crippen LogP contribution in [0.5, 0.6) is 0 Å². The molecule has 1 amide bonds. The lowest BCUT2D eigenvalue weighted by Crippen LogP contribution is -2.41. The third-order valence-electron chi connectivity index (χ3n) is 3.31. The standard InChI is InChI=1S/C12H17N3O3/c1-3-8-7-10(14(2)13-8)11(16)15-6-4-5-9(15)12(17)18/h7,9H,3-6H2,1-2H3,(H,17,18). The van der Waals surface area contributed by atoms with Crippen molar-refractivity contribution in [3.63, 3.8) is 0 Å². The maximum atomic E-state index is 12.3. The topological polar surface area (TPSA) is 75.4 Å². The molecule has 1 N–H and O–H groups in total. The van der Waals surface area contributed by atoms with Crippen molar-refractivity contribution in [2.75, 3.05) is 6.54 Å². The van der Waals surface area contributed by atoms with Crippen molar-refractivity contribution < 1.29 is 14.7 Å². The van der Waals surface area contributed by atoms with Crippen LogP contribution in [0.4, 0.5) is 0 Å². The van der Waals surface area contributed by atoms with Crippen LogP contribution in [0, 0.1) is 0 Å². The number of carboxylic acids is 1. The van der Waals surface area contributed by atoms with E-state index in [2.05, 4.69) is 5.10 Å². The number of carboxylic acid groups (broad SMARTS) is 1. The molecule has 6 heteroatoms. The molecule has 1 unspecified atom stereocenters. The fourth-order valence-corrected chi connectivity index (χ4v) is 2.31. The number of amides is 1. The van der Waals surface area contributed by atoms with Crippen LogP contribution in [-0.4, -0.2) is 44.3 Å². The van der Waals surface area contributed by atoms with E-state index in [1.54, 1.807) is 13.1 Å². The Kier molecular flexibility index (Phi) is 3.36. The van der Waals surface area contributed by atoms with Gasteiger partial charge in [0.15, 0.2) is 0 Å². The van der Waals surface area contributed by atoms with Gasteiger partial charge in [0.1, 0.15) is 11.7 Å². The molecule has 0 saturated carbocycles. The normalized spacial score (nSPS) is 19.2. The summed E-state index contributed by atoms with van der Waals surface area (Å²) >= 11 is 0. The van der Waals surface area contributed by atoms with E-state index in [1.807, 2.05) is 6.92 Å². The van der Waals surface area contributed by atoms with E-state index < -0.39 is 12.0 Å².